The minimum atomic E-state index is -0.432. The Morgan fingerprint density at radius 1 is 1.20 bits per heavy atom. The van der Waals surface area contributed by atoms with E-state index in [9.17, 15) is 8.78 Å². The van der Waals surface area contributed by atoms with E-state index in [4.69, 9.17) is 0 Å². The first kappa shape index (κ1) is 7.73. The first-order valence-corrected chi connectivity index (χ1v) is 3.51. The predicted molar refractivity (Wildman–Crippen MR) is 42.2 cm³/mol. The Labute approximate surface area is 66.8 Å². The zero-order valence-corrected chi connectivity index (χ0v) is 6.87. The Morgan fingerprint density at radius 3 is 2.30 bits per heavy atom. The Kier molecular flexibility index (Phi) is 2.09. The third kappa shape index (κ3) is 1.37. The number of hydrogen-bond acceptors (Lipinski definition) is 0. The van der Waals surface area contributed by atoms with E-state index in [2.05, 4.69) is 15.9 Å². The van der Waals surface area contributed by atoms with Crippen LogP contribution in [0.5, 0.6) is 0 Å². The topological polar surface area (TPSA) is 0 Å². The highest BCUT2D eigenvalue weighted by atomic mass is 79.9. The summed E-state index contributed by atoms with van der Waals surface area (Å²) in [4.78, 5) is 0. The van der Waals surface area contributed by atoms with E-state index in [1.54, 1.807) is 0 Å². The Morgan fingerprint density at radius 2 is 1.80 bits per heavy atom. The Hall–Kier alpha value is -0.375. The molecule has 0 bridgehead atoms. The molecule has 0 aliphatic heterocycles. The van der Waals surface area contributed by atoms with Gasteiger partial charge in [0.15, 0.2) is 0 Å². The van der Waals surface area contributed by atoms with Gasteiger partial charge in [-0.15, -0.1) is 0 Å². The lowest BCUT2D eigenvalue weighted by molar-refractivity contribution is 0.601. The largest absolute Gasteiger partial charge is 0.208 e. The van der Waals surface area contributed by atoms with Gasteiger partial charge < -0.3 is 0 Å². The van der Waals surface area contributed by atoms with Crippen LogP contribution in [0.25, 0.3) is 0 Å². The van der Waals surface area contributed by atoms with E-state index in [0.29, 0.717) is 5.46 Å². The summed E-state index contributed by atoms with van der Waals surface area (Å²) in [5.74, 6) is -0.827. The Bertz CT molecular complexity index is 212. The molecule has 0 fully saturated rings. The van der Waals surface area contributed by atoms with Crippen molar-refractivity contribution in [2.45, 2.75) is 0 Å². The highest BCUT2D eigenvalue weighted by Crippen LogP contribution is 2.13. The molecule has 0 nitrogen and oxygen atoms in total. The van der Waals surface area contributed by atoms with Crippen molar-refractivity contribution in [2.75, 3.05) is 0 Å². The second-order valence-electron chi connectivity index (χ2n) is 2.02. The summed E-state index contributed by atoms with van der Waals surface area (Å²) >= 11 is 2.87. The van der Waals surface area contributed by atoms with Gasteiger partial charge in [0.05, 0.1) is 4.47 Å². The van der Waals surface area contributed by atoms with E-state index >= 15 is 0 Å². The molecule has 0 heterocycles. The van der Waals surface area contributed by atoms with Crippen molar-refractivity contribution in [3.05, 3.63) is 28.2 Å². The van der Waals surface area contributed by atoms with E-state index in [1.165, 1.54) is 7.85 Å². The van der Waals surface area contributed by atoms with Crippen LogP contribution in [0.1, 0.15) is 0 Å². The zero-order valence-electron chi connectivity index (χ0n) is 5.29. The molecule has 10 heavy (non-hydrogen) atoms. The second-order valence-corrected chi connectivity index (χ2v) is 2.87. The van der Waals surface area contributed by atoms with Crippen molar-refractivity contribution in [1.82, 2.24) is 0 Å². The van der Waals surface area contributed by atoms with Crippen LogP contribution in [0.15, 0.2) is 16.6 Å². The first-order chi connectivity index (χ1) is 4.61. The molecule has 0 saturated heterocycles. The van der Waals surface area contributed by atoms with Gasteiger partial charge in [0.1, 0.15) is 19.5 Å². The lowest BCUT2D eigenvalue weighted by Gasteiger charge is -1.97. The molecular formula is C6H4BBrF2. The van der Waals surface area contributed by atoms with Crippen LogP contribution in [0.2, 0.25) is 0 Å². The minimum Gasteiger partial charge on any atom is -0.208 e. The molecule has 0 atom stereocenters. The summed E-state index contributed by atoms with van der Waals surface area (Å²) in [5, 5.41) is 0. The quantitative estimate of drug-likeness (QED) is 0.437. The van der Waals surface area contributed by atoms with Gasteiger partial charge in [0.25, 0.3) is 0 Å². The van der Waals surface area contributed by atoms with Crippen molar-refractivity contribution in [2.24, 2.45) is 0 Å². The average Bonchev–Trinajstić information content (AvgIpc) is 1.84. The lowest BCUT2D eigenvalue weighted by Crippen LogP contribution is -2.08. The van der Waals surface area contributed by atoms with Crippen LogP contribution in [-0.4, -0.2) is 7.85 Å². The van der Waals surface area contributed by atoms with Crippen LogP contribution < -0.4 is 5.46 Å². The maximum atomic E-state index is 12.6. The molecule has 0 spiro atoms. The third-order valence-electron chi connectivity index (χ3n) is 1.20. The number of benzene rings is 1. The standard InChI is InChI=1S/C6H4BBrF2/c7-3-1-6(10)4(8)2-5(3)9/h1-2H,7H2. The first-order valence-electron chi connectivity index (χ1n) is 2.72. The van der Waals surface area contributed by atoms with Crippen molar-refractivity contribution in [3.8, 4) is 0 Å². The van der Waals surface area contributed by atoms with Gasteiger partial charge in [-0.1, -0.05) is 5.46 Å². The van der Waals surface area contributed by atoms with E-state index in [0.717, 1.165) is 12.1 Å². The fourth-order valence-corrected chi connectivity index (χ4v) is 0.937. The summed E-state index contributed by atoms with van der Waals surface area (Å²) in [6.07, 6.45) is 0. The number of rotatable bonds is 0. The molecule has 1 aromatic carbocycles. The molecular weight excluding hydrogens is 201 g/mol. The third-order valence-corrected chi connectivity index (χ3v) is 1.81. The van der Waals surface area contributed by atoms with Gasteiger partial charge in [-0.3, -0.25) is 0 Å². The van der Waals surface area contributed by atoms with Crippen LogP contribution in [0.3, 0.4) is 0 Å². The van der Waals surface area contributed by atoms with E-state index in [-0.39, 0.29) is 4.47 Å². The maximum absolute atomic E-state index is 12.6. The van der Waals surface area contributed by atoms with Gasteiger partial charge >= 0.3 is 0 Å². The van der Waals surface area contributed by atoms with Crippen LogP contribution in [0.4, 0.5) is 8.78 Å². The van der Waals surface area contributed by atoms with E-state index < -0.39 is 11.6 Å². The predicted octanol–water partition coefficient (Wildman–Crippen LogP) is 0.986. The summed E-state index contributed by atoms with van der Waals surface area (Å²) in [6.45, 7) is 0. The zero-order chi connectivity index (χ0) is 7.72. The van der Waals surface area contributed by atoms with Gasteiger partial charge in [0, 0.05) is 0 Å². The van der Waals surface area contributed by atoms with Crippen molar-refractivity contribution in [1.29, 1.82) is 0 Å². The van der Waals surface area contributed by atoms with Crippen molar-refractivity contribution >= 4 is 29.2 Å². The van der Waals surface area contributed by atoms with Gasteiger partial charge in [-0.2, -0.15) is 0 Å². The normalized spacial score (nSPS) is 9.90. The minimum absolute atomic E-state index is 0.163. The highest BCUT2D eigenvalue weighted by molar-refractivity contribution is 9.10. The average molecular weight is 205 g/mol. The summed E-state index contributed by atoms with van der Waals surface area (Å²) in [7, 11) is 1.52. The molecule has 0 saturated carbocycles. The summed E-state index contributed by atoms with van der Waals surface area (Å²) in [6, 6.07) is 2.27. The van der Waals surface area contributed by atoms with Crippen LogP contribution >= 0.6 is 15.9 Å². The smallest absolute Gasteiger partial charge is 0.143 e. The molecule has 1 aromatic rings. The second kappa shape index (κ2) is 2.70. The van der Waals surface area contributed by atoms with Crippen molar-refractivity contribution in [3.63, 3.8) is 0 Å². The van der Waals surface area contributed by atoms with Crippen LogP contribution in [-0.2, 0) is 0 Å². The van der Waals surface area contributed by atoms with Gasteiger partial charge in [0.2, 0.25) is 0 Å². The molecule has 0 amide bonds. The van der Waals surface area contributed by atoms with Gasteiger partial charge in [-0.05, 0) is 28.1 Å². The SMILES string of the molecule is Bc1cc(F)c(Br)cc1F. The summed E-state index contributed by atoms with van der Waals surface area (Å²) in [5.41, 5.74) is 0.320. The van der Waals surface area contributed by atoms with E-state index in [1.807, 2.05) is 0 Å². The Balaban J connectivity index is 3.28. The number of hydrogen-bond donors (Lipinski definition) is 0. The van der Waals surface area contributed by atoms with Crippen LogP contribution in [0, 0.1) is 11.6 Å². The molecule has 1 rings (SSSR count). The highest BCUT2D eigenvalue weighted by Gasteiger charge is 2.02. The molecule has 0 radical (unpaired) electrons. The monoisotopic (exact) mass is 204 g/mol. The molecule has 4 heteroatoms. The van der Waals surface area contributed by atoms with Crippen molar-refractivity contribution < 1.29 is 8.78 Å². The molecule has 52 valence electrons. The van der Waals surface area contributed by atoms with Gasteiger partial charge in [-0.25, -0.2) is 8.78 Å². The fourth-order valence-electron chi connectivity index (χ4n) is 0.622. The molecule has 0 N–H and O–H groups in total. The summed E-state index contributed by atoms with van der Waals surface area (Å²) < 4.78 is 25.3. The molecule has 0 unspecified atom stereocenters. The lowest BCUT2D eigenvalue weighted by atomic mass is 9.96. The fraction of sp³-hybridized carbons (Fsp3) is 0. The molecule has 0 aliphatic carbocycles. The molecule has 0 aliphatic rings. The molecule has 0 aromatic heterocycles. The number of halogens is 3. The maximum Gasteiger partial charge on any atom is 0.143 e.